The normalized spacial score (nSPS) is 31.5. The van der Waals surface area contributed by atoms with Crippen LogP contribution in [0, 0.1) is 17.3 Å². The summed E-state index contributed by atoms with van der Waals surface area (Å²) in [6.07, 6.45) is -4.56. The van der Waals surface area contributed by atoms with Crippen LogP contribution >= 0.6 is 0 Å². The van der Waals surface area contributed by atoms with Gasteiger partial charge in [0.2, 0.25) is 0 Å². The number of aliphatic hydroxyl groups excluding tert-OH is 1. The summed E-state index contributed by atoms with van der Waals surface area (Å²) in [6.45, 7) is 6.32. The van der Waals surface area contributed by atoms with E-state index < -0.39 is 83.4 Å². The fraction of sp³-hybridized carbons (Fsp3) is 0.421. The van der Waals surface area contributed by atoms with Gasteiger partial charge in [-0.25, -0.2) is 14.4 Å². The number of hydrogen-bond acceptors (Lipinski definition) is 10. The molecule has 0 radical (unpaired) electrons. The van der Waals surface area contributed by atoms with Crippen LogP contribution < -0.4 is 0 Å². The van der Waals surface area contributed by atoms with E-state index in [-0.39, 0.29) is 24.0 Å². The van der Waals surface area contributed by atoms with Crippen LogP contribution in [0.2, 0.25) is 0 Å². The Morgan fingerprint density at radius 2 is 1.23 bits per heavy atom. The van der Waals surface area contributed by atoms with Crippen molar-refractivity contribution >= 4 is 23.9 Å². The second-order valence-corrected chi connectivity index (χ2v) is 13.5. The summed E-state index contributed by atoms with van der Waals surface area (Å²) in [7, 11) is 0. The summed E-state index contributed by atoms with van der Waals surface area (Å²) in [5.41, 5.74) is -3.37. The largest absolute Gasteiger partial charge is 0.461 e. The van der Waals surface area contributed by atoms with Gasteiger partial charge in [-0.2, -0.15) is 0 Å². The summed E-state index contributed by atoms with van der Waals surface area (Å²) < 4.78 is 31.8. The molecule has 8 atom stereocenters. The third-order valence-electron chi connectivity index (χ3n) is 10.3. The van der Waals surface area contributed by atoms with E-state index in [0.29, 0.717) is 5.56 Å². The van der Waals surface area contributed by atoms with Crippen LogP contribution in [0.4, 0.5) is 0 Å². The van der Waals surface area contributed by atoms with Gasteiger partial charge in [0.25, 0.3) is 0 Å². The van der Waals surface area contributed by atoms with Crippen molar-refractivity contribution in [1.29, 1.82) is 0 Å². The second kappa shape index (κ2) is 12.8. The molecule has 0 amide bonds. The zero-order valence-corrected chi connectivity index (χ0v) is 27.4. The van der Waals surface area contributed by atoms with Gasteiger partial charge in [-0.15, -0.1) is 0 Å². The summed E-state index contributed by atoms with van der Waals surface area (Å²) in [5, 5.41) is 11.7. The molecule has 0 aromatic heterocycles. The summed E-state index contributed by atoms with van der Waals surface area (Å²) >= 11 is 0. The number of ether oxygens (including phenoxy) is 5. The minimum Gasteiger partial charge on any atom is -0.461 e. The van der Waals surface area contributed by atoms with Crippen molar-refractivity contribution in [3.63, 3.8) is 0 Å². The Morgan fingerprint density at radius 1 is 0.729 bits per heavy atom. The molecule has 1 heterocycles. The van der Waals surface area contributed by atoms with Gasteiger partial charge in [0.15, 0.2) is 0 Å². The van der Waals surface area contributed by atoms with E-state index in [4.69, 9.17) is 23.7 Å². The number of rotatable bonds is 8. The van der Waals surface area contributed by atoms with Gasteiger partial charge >= 0.3 is 23.9 Å². The van der Waals surface area contributed by atoms with E-state index in [0.717, 1.165) is 0 Å². The molecule has 2 bridgehead atoms. The maximum Gasteiger partial charge on any atom is 0.338 e. The fourth-order valence-corrected chi connectivity index (χ4v) is 8.29. The second-order valence-electron chi connectivity index (χ2n) is 13.5. The first-order chi connectivity index (χ1) is 22.9. The molecule has 3 aromatic rings. The fourth-order valence-electron chi connectivity index (χ4n) is 8.29. The molecule has 0 unspecified atom stereocenters. The molecular formula is C38H40O10. The van der Waals surface area contributed by atoms with Crippen molar-refractivity contribution in [3.05, 3.63) is 108 Å². The van der Waals surface area contributed by atoms with Crippen LogP contribution in [0.25, 0.3) is 0 Å². The quantitative estimate of drug-likeness (QED) is 0.255. The first-order valence-corrected chi connectivity index (χ1v) is 16.2. The number of benzene rings is 3. The topological polar surface area (TPSA) is 135 Å². The number of fused-ring (bicyclic) bond motifs is 1. The zero-order chi connectivity index (χ0) is 34.3. The Balaban J connectivity index is 1.54. The van der Waals surface area contributed by atoms with Gasteiger partial charge in [-0.3, -0.25) is 4.79 Å². The highest BCUT2D eigenvalue weighted by Gasteiger charge is 2.82. The monoisotopic (exact) mass is 656 g/mol. The smallest absolute Gasteiger partial charge is 0.338 e. The predicted molar refractivity (Wildman–Crippen MR) is 172 cm³/mol. The van der Waals surface area contributed by atoms with E-state index in [1.165, 1.54) is 6.92 Å². The first-order valence-electron chi connectivity index (χ1n) is 16.2. The number of hydrogen-bond donors (Lipinski definition) is 1. The van der Waals surface area contributed by atoms with Crippen molar-refractivity contribution in [1.82, 2.24) is 0 Å². The molecule has 2 aliphatic carbocycles. The third kappa shape index (κ3) is 5.56. The minimum absolute atomic E-state index is 0.0835. The molecular weight excluding hydrogens is 616 g/mol. The average molecular weight is 657 g/mol. The zero-order valence-electron chi connectivity index (χ0n) is 27.4. The Hall–Kier alpha value is -4.54. The molecule has 1 N–H and O–H groups in total. The highest BCUT2D eigenvalue weighted by Crippen LogP contribution is 2.68. The van der Waals surface area contributed by atoms with E-state index >= 15 is 0 Å². The molecule has 1 saturated heterocycles. The van der Waals surface area contributed by atoms with Crippen LogP contribution in [0.5, 0.6) is 0 Å². The molecule has 252 valence electrons. The minimum atomic E-state index is -1.73. The summed E-state index contributed by atoms with van der Waals surface area (Å²) in [4.78, 5) is 53.9. The Kier molecular flexibility index (Phi) is 8.91. The lowest BCUT2D eigenvalue weighted by Crippen LogP contribution is -2.78. The van der Waals surface area contributed by atoms with Gasteiger partial charge < -0.3 is 28.8 Å². The van der Waals surface area contributed by atoms with Crippen LogP contribution in [-0.4, -0.2) is 71.2 Å². The first kappa shape index (κ1) is 33.4. The summed E-state index contributed by atoms with van der Waals surface area (Å²) in [6, 6.07) is 25.3. The molecule has 3 aliphatic rings. The van der Waals surface area contributed by atoms with Crippen molar-refractivity contribution in [2.75, 3.05) is 6.61 Å². The van der Waals surface area contributed by atoms with E-state index in [2.05, 4.69) is 0 Å². The molecule has 2 saturated carbocycles. The maximum absolute atomic E-state index is 13.8. The van der Waals surface area contributed by atoms with Gasteiger partial charge in [0.05, 0.1) is 28.4 Å². The molecule has 1 spiro atoms. The predicted octanol–water partition coefficient (Wildman–Crippen LogP) is 5.18. The van der Waals surface area contributed by atoms with Crippen LogP contribution in [0.1, 0.15) is 71.6 Å². The van der Waals surface area contributed by atoms with Crippen molar-refractivity contribution in [3.8, 4) is 0 Å². The number of carbonyl (C=O) groups excluding carboxylic acids is 4. The van der Waals surface area contributed by atoms with E-state index in [9.17, 15) is 24.3 Å². The molecule has 10 heteroatoms. The van der Waals surface area contributed by atoms with Crippen molar-refractivity contribution in [2.45, 2.75) is 76.2 Å². The number of esters is 4. The van der Waals surface area contributed by atoms with Crippen LogP contribution in [0.15, 0.2) is 91.0 Å². The van der Waals surface area contributed by atoms with Gasteiger partial charge in [-0.1, -0.05) is 61.5 Å². The lowest BCUT2D eigenvalue weighted by molar-refractivity contribution is -0.315. The lowest BCUT2D eigenvalue weighted by Gasteiger charge is -2.63. The highest BCUT2D eigenvalue weighted by molar-refractivity contribution is 5.90. The van der Waals surface area contributed by atoms with E-state index in [1.54, 1.807) is 91.0 Å². The SMILES string of the molecule is CC(=O)O[C@H]1[C@@H](O)C[C@@H](C)[C@]23OC(C)(C)[C@H](C[C@H](OC(=O)c4ccccc4)[C@]12COC(=O)c1ccccc1)[C@H]3OC(=O)c1ccccc1. The highest BCUT2D eigenvalue weighted by atomic mass is 16.6. The van der Waals surface area contributed by atoms with Gasteiger partial charge in [-0.05, 0) is 69.0 Å². The van der Waals surface area contributed by atoms with Crippen LogP contribution in [-0.2, 0) is 28.5 Å². The third-order valence-corrected chi connectivity index (χ3v) is 10.3. The van der Waals surface area contributed by atoms with Crippen LogP contribution in [0.3, 0.4) is 0 Å². The Labute approximate surface area is 279 Å². The number of carbonyl (C=O) groups is 4. The Bertz CT molecular complexity index is 1660. The summed E-state index contributed by atoms with van der Waals surface area (Å²) in [5.74, 6) is -3.71. The lowest BCUT2D eigenvalue weighted by atomic mass is 9.48. The van der Waals surface area contributed by atoms with Crippen molar-refractivity contribution in [2.24, 2.45) is 17.3 Å². The van der Waals surface area contributed by atoms with Gasteiger partial charge in [0.1, 0.15) is 35.9 Å². The van der Waals surface area contributed by atoms with Crippen molar-refractivity contribution < 1.29 is 48.0 Å². The standard InChI is InChI=1S/C38H40O10/c1-23-20-29(40)32(45-24(2)39)37(22-44-33(41)25-14-8-5-9-15-25)30(46-34(42)26-16-10-6-11-17-26)21-28-31(38(23,37)48-36(28,3)4)47-35(43)27-18-12-7-13-19-27/h5-19,23,28-32,40H,20-22H2,1-4H3/t23-,28-,29+,30+,31-,32+,37-,38-/m1/s1. The molecule has 48 heavy (non-hydrogen) atoms. The molecule has 6 rings (SSSR count). The average Bonchev–Trinajstić information content (AvgIpc) is 3.25. The molecule has 3 fully saturated rings. The van der Waals surface area contributed by atoms with E-state index in [1.807, 2.05) is 20.8 Å². The molecule has 10 nitrogen and oxygen atoms in total. The van der Waals surface area contributed by atoms with Gasteiger partial charge in [0, 0.05) is 12.8 Å². The number of aliphatic hydroxyl groups is 1. The maximum atomic E-state index is 13.8. The Morgan fingerprint density at radius 3 is 1.75 bits per heavy atom. The molecule has 3 aromatic carbocycles. The molecule has 1 aliphatic heterocycles.